The van der Waals surface area contributed by atoms with E-state index in [0.29, 0.717) is 18.9 Å². The molecule has 2 rings (SSSR count). The molecule has 0 amide bonds. The van der Waals surface area contributed by atoms with Gasteiger partial charge in [0.2, 0.25) is 0 Å². The van der Waals surface area contributed by atoms with Crippen molar-refractivity contribution in [3.05, 3.63) is 35.4 Å². The molecule has 0 saturated carbocycles. The first kappa shape index (κ1) is 12.5. The third-order valence-corrected chi connectivity index (χ3v) is 3.39. The smallest absolute Gasteiger partial charge is 0.129 e. The number of benzene rings is 1. The summed E-state index contributed by atoms with van der Waals surface area (Å²) in [5.74, 6) is -0.604. The Kier molecular flexibility index (Phi) is 4.07. The first-order valence-corrected chi connectivity index (χ1v) is 5.90. The normalized spacial score (nSPS) is 21.7. The van der Waals surface area contributed by atoms with Crippen LogP contribution in [0, 0.1) is 17.6 Å². The Morgan fingerprint density at radius 2 is 2.12 bits per heavy atom. The van der Waals surface area contributed by atoms with Crippen molar-refractivity contribution in [2.45, 2.75) is 18.9 Å². The molecule has 1 heterocycles. The quantitative estimate of drug-likeness (QED) is 0.872. The van der Waals surface area contributed by atoms with E-state index in [1.165, 1.54) is 18.2 Å². The van der Waals surface area contributed by atoms with Gasteiger partial charge in [0.1, 0.15) is 11.6 Å². The van der Waals surface area contributed by atoms with Crippen LogP contribution in [0.1, 0.15) is 12.0 Å². The third kappa shape index (κ3) is 2.82. The molecule has 1 saturated heterocycles. The largest absolute Gasteiger partial charge is 0.381 e. The van der Waals surface area contributed by atoms with E-state index >= 15 is 0 Å². The minimum atomic E-state index is -0.468. The van der Waals surface area contributed by atoms with E-state index in [1.54, 1.807) is 0 Å². The number of likely N-dealkylation sites (N-methyl/N-ethyl adjacent to an activating group) is 1. The van der Waals surface area contributed by atoms with Crippen LogP contribution < -0.4 is 5.32 Å². The van der Waals surface area contributed by atoms with Crippen LogP contribution in [0.4, 0.5) is 8.78 Å². The molecular weight excluding hydrogens is 224 g/mol. The summed E-state index contributed by atoms with van der Waals surface area (Å²) in [5, 5.41) is 3.13. The van der Waals surface area contributed by atoms with Gasteiger partial charge in [0.15, 0.2) is 0 Å². The molecule has 1 aromatic rings. The van der Waals surface area contributed by atoms with Crippen LogP contribution in [-0.4, -0.2) is 26.3 Å². The number of nitrogens with one attached hydrogen (secondary N) is 1. The molecule has 1 aromatic carbocycles. The van der Waals surface area contributed by atoms with Crippen molar-refractivity contribution in [3.63, 3.8) is 0 Å². The maximum atomic E-state index is 13.5. The molecule has 0 spiro atoms. The maximum Gasteiger partial charge on any atom is 0.129 e. The van der Waals surface area contributed by atoms with E-state index in [-0.39, 0.29) is 11.6 Å². The number of ether oxygens (including phenoxy) is 1. The van der Waals surface area contributed by atoms with Gasteiger partial charge in [0.25, 0.3) is 0 Å². The van der Waals surface area contributed by atoms with Crippen LogP contribution in [0.5, 0.6) is 0 Å². The second kappa shape index (κ2) is 5.56. The summed E-state index contributed by atoms with van der Waals surface area (Å²) in [7, 11) is 1.82. The van der Waals surface area contributed by atoms with Crippen LogP contribution in [-0.2, 0) is 11.2 Å². The Balaban J connectivity index is 2.12. The van der Waals surface area contributed by atoms with Crippen molar-refractivity contribution in [3.8, 4) is 0 Å². The molecule has 0 radical (unpaired) electrons. The zero-order valence-corrected chi connectivity index (χ0v) is 9.88. The maximum absolute atomic E-state index is 13.5. The highest BCUT2D eigenvalue weighted by molar-refractivity contribution is 5.21. The number of hydrogen-bond acceptors (Lipinski definition) is 2. The number of rotatable bonds is 4. The summed E-state index contributed by atoms with van der Waals surface area (Å²) in [6.07, 6.45) is 1.31. The van der Waals surface area contributed by atoms with Crippen molar-refractivity contribution in [2.24, 2.45) is 5.92 Å². The first-order valence-electron chi connectivity index (χ1n) is 5.90. The second-order valence-electron chi connectivity index (χ2n) is 4.42. The van der Waals surface area contributed by atoms with Crippen molar-refractivity contribution >= 4 is 0 Å². The standard InChI is InChI=1S/C13H17F2NO/c1-16-13(9-5-6-17-8-9)7-10-11(14)3-2-4-12(10)15/h2-4,9,13,16H,5-8H2,1H3. The number of hydrogen-bond donors (Lipinski definition) is 1. The van der Waals surface area contributed by atoms with Gasteiger partial charge in [-0.1, -0.05) is 6.07 Å². The molecule has 1 aliphatic heterocycles. The Bertz CT molecular complexity index is 357. The van der Waals surface area contributed by atoms with Crippen LogP contribution in [0.15, 0.2) is 18.2 Å². The Morgan fingerprint density at radius 1 is 1.41 bits per heavy atom. The van der Waals surface area contributed by atoms with Crippen LogP contribution in [0.2, 0.25) is 0 Å². The molecule has 17 heavy (non-hydrogen) atoms. The zero-order valence-electron chi connectivity index (χ0n) is 9.88. The first-order chi connectivity index (χ1) is 8.22. The topological polar surface area (TPSA) is 21.3 Å². The van der Waals surface area contributed by atoms with Crippen LogP contribution in [0.25, 0.3) is 0 Å². The van der Waals surface area contributed by atoms with Gasteiger partial charge in [-0.3, -0.25) is 0 Å². The summed E-state index contributed by atoms with van der Waals surface area (Å²) in [4.78, 5) is 0. The van der Waals surface area contributed by atoms with Crippen molar-refractivity contribution in [1.82, 2.24) is 5.32 Å². The molecule has 0 aromatic heterocycles. The van der Waals surface area contributed by atoms with Crippen molar-refractivity contribution in [1.29, 1.82) is 0 Å². The minimum absolute atomic E-state index is 0.0592. The number of halogens is 2. The predicted molar refractivity (Wildman–Crippen MR) is 61.8 cm³/mol. The van der Waals surface area contributed by atoms with Gasteiger partial charge in [-0.15, -0.1) is 0 Å². The second-order valence-corrected chi connectivity index (χ2v) is 4.42. The van der Waals surface area contributed by atoms with Gasteiger partial charge >= 0.3 is 0 Å². The lowest BCUT2D eigenvalue weighted by molar-refractivity contribution is 0.177. The highest BCUT2D eigenvalue weighted by atomic mass is 19.1. The monoisotopic (exact) mass is 241 g/mol. The van der Waals surface area contributed by atoms with Crippen LogP contribution in [0.3, 0.4) is 0 Å². The van der Waals surface area contributed by atoms with Gasteiger partial charge in [0.05, 0.1) is 6.61 Å². The predicted octanol–water partition coefficient (Wildman–Crippen LogP) is 2.13. The zero-order chi connectivity index (χ0) is 12.3. The molecule has 4 heteroatoms. The lowest BCUT2D eigenvalue weighted by Gasteiger charge is -2.22. The van der Waals surface area contributed by atoms with E-state index in [4.69, 9.17) is 4.74 Å². The summed E-state index contributed by atoms with van der Waals surface area (Å²) in [6.45, 7) is 1.41. The van der Waals surface area contributed by atoms with E-state index < -0.39 is 11.6 Å². The third-order valence-electron chi connectivity index (χ3n) is 3.39. The highest BCUT2D eigenvalue weighted by Gasteiger charge is 2.26. The average Bonchev–Trinajstić information content (AvgIpc) is 2.82. The molecular formula is C13H17F2NO. The SMILES string of the molecule is CNC(Cc1c(F)cccc1F)C1CCOC1. The molecule has 2 atom stereocenters. The highest BCUT2D eigenvalue weighted by Crippen LogP contribution is 2.22. The minimum Gasteiger partial charge on any atom is -0.381 e. The van der Waals surface area contributed by atoms with E-state index in [0.717, 1.165) is 13.0 Å². The molecule has 1 N–H and O–H groups in total. The summed E-state index contributed by atoms with van der Waals surface area (Å²) < 4.78 is 32.4. The molecule has 1 aliphatic rings. The molecule has 2 unspecified atom stereocenters. The molecule has 2 nitrogen and oxygen atoms in total. The fourth-order valence-electron chi connectivity index (χ4n) is 2.32. The summed E-state index contributed by atoms with van der Waals surface area (Å²) in [6, 6.07) is 4.05. The van der Waals surface area contributed by atoms with Gasteiger partial charge < -0.3 is 10.1 Å². The van der Waals surface area contributed by atoms with Crippen molar-refractivity contribution in [2.75, 3.05) is 20.3 Å². The summed E-state index contributed by atoms with van der Waals surface area (Å²) >= 11 is 0. The van der Waals surface area contributed by atoms with Gasteiger partial charge in [0, 0.05) is 24.1 Å². The van der Waals surface area contributed by atoms with Crippen LogP contribution >= 0.6 is 0 Å². The lowest BCUT2D eigenvalue weighted by atomic mass is 9.92. The van der Waals surface area contributed by atoms with Gasteiger partial charge in [-0.2, -0.15) is 0 Å². The van der Waals surface area contributed by atoms with Crippen molar-refractivity contribution < 1.29 is 13.5 Å². The Labute approximate surface area is 100.0 Å². The van der Waals surface area contributed by atoms with Gasteiger partial charge in [-0.05, 0) is 32.0 Å². The Morgan fingerprint density at radius 3 is 2.65 bits per heavy atom. The molecule has 0 bridgehead atoms. The van der Waals surface area contributed by atoms with Gasteiger partial charge in [-0.25, -0.2) is 8.78 Å². The van der Waals surface area contributed by atoms with E-state index in [2.05, 4.69) is 5.32 Å². The van der Waals surface area contributed by atoms with E-state index in [9.17, 15) is 8.78 Å². The molecule has 94 valence electrons. The Hall–Kier alpha value is -1.00. The fourth-order valence-corrected chi connectivity index (χ4v) is 2.32. The molecule has 1 fully saturated rings. The van der Waals surface area contributed by atoms with E-state index in [1.807, 2.05) is 7.05 Å². The lowest BCUT2D eigenvalue weighted by Crippen LogP contribution is -2.36. The average molecular weight is 241 g/mol. The fraction of sp³-hybridized carbons (Fsp3) is 0.538. The summed E-state index contributed by atoms with van der Waals surface area (Å²) in [5.41, 5.74) is 0.166. The molecule has 0 aliphatic carbocycles.